The first-order valence-corrected chi connectivity index (χ1v) is 13.7. The van der Waals surface area contributed by atoms with Gasteiger partial charge in [-0.25, -0.2) is 0 Å². The number of hydrogen-bond acceptors (Lipinski definition) is 6. The third-order valence-electron chi connectivity index (χ3n) is 7.00. The van der Waals surface area contributed by atoms with E-state index < -0.39 is 10.1 Å². The maximum absolute atomic E-state index is 13.1. The number of amides is 1. The van der Waals surface area contributed by atoms with Crippen molar-refractivity contribution < 1.29 is 17.4 Å². The predicted molar refractivity (Wildman–Crippen MR) is 134 cm³/mol. The van der Waals surface area contributed by atoms with Gasteiger partial charge in [0.2, 0.25) is 5.91 Å². The van der Waals surface area contributed by atoms with Crippen LogP contribution >= 0.6 is 0 Å². The lowest BCUT2D eigenvalue weighted by molar-refractivity contribution is -0.133. The SMILES string of the molecule is CCCc1cc(OS(=O)(=O)c2ccc(C)cc2)cc(C)c1[C@@H]1CN[C@H](C(=O)N2CCC[C@H]2C#N)C1. The number of carbonyl (C=O) groups is 1. The summed E-state index contributed by atoms with van der Waals surface area (Å²) < 4.78 is 31.2. The molecule has 1 amide bonds. The van der Waals surface area contributed by atoms with E-state index in [9.17, 15) is 18.5 Å². The lowest BCUT2D eigenvalue weighted by atomic mass is 9.86. The molecule has 3 atom stereocenters. The summed E-state index contributed by atoms with van der Waals surface area (Å²) in [5, 5.41) is 12.7. The van der Waals surface area contributed by atoms with Gasteiger partial charge in [-0.05, 0) is 86.4 Å². The Bertz CT molecular complexity index is 1230. The molecule has 7 nitrogen and oxygen atoms in total. The van der Waals surface area contributed by atoms with Crippen LogP contribution in [-0.4, -0.2) is 44.4 Å². The van der Waals surface area contributed by atoms with E-state index in [1.165, 1.54) is 0 Å². The Hall–Kier alpha value is -2.89. The van der Waals surface area contributed by atoms with E-state index in [2.05, 4.69) is 18.3 Å². The van der Waals surface area contributed by atoms with Crippen LogP contribution in [0.25, 0.3) is 0 Å². The van der Waals surface area contributed by atoms with Gasteiger partial charge in [0.05, 0.1) is 12.1 Å². The van der Waals surface area contributed by atoms with Crippen molar-refractivity contribution >= 4 is 16.0 Å². The number of nitriles is 1. The molecule has 0 radical (unpaired) electrons. The molecular formula is C27H33N3O4S. The van der Waals surface area contributed by atoms with Crippen LogP contribution < -0.4 is 9.50 Å². The molecule has 2 aliphatic rings. The Morgan fingerprint density at radius 2 is 1.97 bits per heavy atom. The Morgan fingerprint density at radius 3 is 2.66 bits per heavy atom. The summed E-state index contributed by atoms with van der Waals surface area (Å²) >= 11 is 0. The largest absolute Gasteiger partial charge is 0.379 e. The number of likely N-dealkylation sites (tertiary alicyclic amines) is 1. The van der Waals surface area contributed by atoms with Crippen LogP contribution in [0, 0.1) is 25.2 Å². The minimum Gasteiger partial charge on any atom is -0.379 e. The van der Waals surface area contributed by atoms with Crippen molar-refractivity contribution in [3.8, 4) is 11.8 Å². The van der Waals surface area contributed by atoms with Gasteiger partial charge in [0, 0.05) is 13.1 Å². The molecule has 35 heavy (non-hydrogen) atoms. The van der Waals surface area contributed by atoms with Gasteiger partial charge in [0.1, 0.15) is 16.7 Å². The first kappa shape index (κ1) is 25.2. The van der Waals surface area contributed by atoms with E-state index in [0.717, 1.165) is 47.9 Å². The van der Waals surface area contributed by atoms with E-state index in [0.29, 0.717) is 25.3 Å². The number of hydrogen-bond donors (Lipinski definition) is 1. The van der Waals surface area contributed by atoms with Crippen LogP contribution in [0.4, 0.5) is 0 Å². The van der Waals surface area contributed by atoms with Crippen LogP contribution in [-0.2, 0) is 21.3 Å². The Kier molecular flexibility index (Phi) is 7.48. The van der Waals surface area contributed by atoms with Gasteiger partial charge in [-0.3, -0.25) is 4.79 Å². The quantitative estimate of drug-likeness (QED) is 0.583. The van der Waals surface area contributed by atoms with Gasteiger partial charge < -0.3 is 14.4 Å². The minimum atomic E-state index is -3.94. The Labute approximate surface area is 208 Å². The summed E-state index contributed by atoms with van der Waals surface area (Å²) in [5.74, 6) is 0.453. The van der Waals surface area contributed by atoms with E-state index in [1.807, 2.05) is 19.9 Å². The van der Waals surface area contributed by atoms with Crippen LogP contribution in [0.1, 0.15) is 60.8 Å². The minimum absolute atomic E-state index is 0.00962. The van der Waals surface area contributed by atoms with Gasteiger partial charge in [0.25, 0.3) is 0 Å². The lowest BCUT2D eigenvalue weighted by Crippen LogP contribution is -2.45. The molecule has 186 valence electrons. The zero-order chi connectivity index (χ0) is 25.2. The molecule has 0 spiro atoms. The van der Waals surface area contributed by atoms with Crippen molar-refractivity contribution in [1.82, 2.24) is 10.2 Å². The summed E-state index contributed by atoms with van der Waals surface area (Å²) in [5.41, 5.74) is 4.15. The number of rotatable bonds is 7. The molecule has 2 aromatic rings. The zero-order valence-corrected chi connectivity index (χ0v) is 21.4. The topological polar surface area (TPSA) is 99.5 Å². The number of carbonyl (C=O) groups excluding carboxylic acids is 1. The van der Waals surface area contributed by atoms with Crippen molar-refractivity contribution in [1.29, 1.82) is 5.26 Å². The van der Waals surface area contributed by atoms with E-state index >= 15 is 0 Å². The van der Waals surface area contributed by atoms with E-state index in [-0.39, 0.29) is 28.8 Å². The molecule has 0 saturated carbocycles. The second kappa shape index (κ2) is 10.4. The van der Waals surface area contributed by atoms with Crippen LogP contribution in [0.2, 0.25) is 0 Å². The van der Waals surface area contributed by atoms with Crippen LogP contribution in [0.3, 0.4) is 0 Å². The number of nitrogens with zero attached hydrogens (tertiary/aromatic N) is 2. The average Bonchev–Trinajstić information content (AvgIpc) is 3.48. The molecule has 1 N–H and O–H groups in total. The summed E-state index contributed by atoms with van der Waals surface area (Å²) in [6.45, 7) is 7.27. The Balaban J connectivity index is 1.55. The maximum Gasteiger partial charge on any atom is 0.339 e. The average molecular weight is 496 g/mol. The molecule has 0 aliphatic carbocycles. The van der Waals surface area contributed by atoms with Crippen LogP contribution in [0.15, 0.2) is 41.3 Å². The van der Waals surface area contributed by atoms with Gasteiger partial charge in [-0.2, -0.15) is 13.7 Å². The fraction of sp³-hybridized carbons (Fsp3) is 0.481. The van der Waals surface area contributed by atoms with Crippen LogP contribution in [0.5, 0.6) is 5.75 Å². The molecule has 2 saturated heterocycles. The summed E-state index contributed by atoms with van der Waals surface area (Å²) in [6, 6.07) is 11.8. The first-order valence-electron chi connectivity index (χ1n) is 12.3. The maximum atomic E-state index is 13.1. The predicted octanol–water partition coefficient (Wildman–Crippen LogP) is 3.98. The smallest absolute Gasteiger partial charge is 0.339 e. The van der Waals surface area contributed by atoms with Crippen molar-refractivity contribution in [2.75, 3.05) is 13.1 Å². The molecule has 8 heteroatoms. The van der Waals surface area contributed by atoms with Crippen molar-refractivity contribution in [2.24, 2.45) is 0 Å². The van der Waals surface area contributed by atoms with E-state index in [1.54, 1.807) is 35.2 Å². The summed E-state index contributed by atoms with van der Waals surface area (Å²) in [7, 11) is -3.94. The summed E-state index contributed by atoms with van der Waals surface area (Å²) in [6.07, 6.45) is 3.96. The number of benzene rings is 2. The van der Waals surface area contributed by atoms with Crippen molar-refractivity contribution in [2.45, 2.75) is 75.8 Å². The molecule has 0 aromatic heterocycles. The molecule has 2 heterocycles. The van der Waals surface area contributed by atoms with Gasteiger partial charge in [0.15, 0.2) is 0 Å². The molecule has 2 aliphatic heterocycles. The van der Waals surface area contributed by atoms with Gasteiger partial charge >= 0.3 is 10.1 Å². The monoisotopic (exact) mass is 495 g/mol. The zero-order valence-electron chi connectivity index (χ0n) is 20.6. The second-order valence-electron chi connectivity index (χ2n) is 9.63. The fourth-order valence-corrected chi connectivity index (χ4v) is 6.25. The molecule has 2 aromatic carbocycles. The molecule has 0 bridgehead atoms. The third-order valence-corrected chi connectivity index (χ3v) is 8.26. The fourth-order valence-electron chi connectivity index (χ4n) is 5.33. The van der Waals surface area contributed by atoms with Gasteiger partial charge in [-0.1, -0.05) is 31.0 Å². The standard InChI is InChI=1S/C27H33N3O4S/c1-4-6-20-14-23(34-35(32,33)24-10-8-18(2)9-11-24)13-19(3)26(20)21-15-25(29-17-21)27(31)30-12-5-7-22(30)16-28/h8-11,13-14,21-22,25,29H,4-7,12,15,17H2,1-3H3/t21-,22-,25-/m0/s1. The summed E-state index contributed by atoms with van der Waals surface area (Å²) in [4.78, 5) is 14.9. The lowest BCUT2D eigenvalue weighted by Gasteiger charge is -2.23. The number of nitrogens with one attached hydrogen (secondary N) is 1. The van der Waals surface area contributed by atoms with Crippen molar-refractivity contribution in [3.05, 3.63) is 58.7 Å². The Morgan fingerprint density at radius 1 is 1.23 bits per heavy atom. The van der Waals surface area contributed by atoms with E-state index in [4.69, 9.17) is 4.18 Å². The van der Waals surface area contributed by atoms with Gasteiger partial charge in [-0.15, -0.1) is 0 Å². The highest BCUT2D eigenvalue weighted by Gasteiger charge is 2.38. The molecule has 2 fully saturated rings. The molecule has 0 unspecified atom stereocenters. The first-order chi connectivity index (χ1) is 16.7. The molecule has 4 rings (SSSR count). The second-order valence-corrected chi connectivity index (χ2v) is 11.2. The highest BCUT2D eigenvalue weighted by atomic mass is 32.2. The molecular weight excluding hydrogens is 462 g/mol. The van der Waals surface area contributed by atoms with Crippen molar-refractivity contribution in [3.63, 3.8) is 0 Å². The third kappa shape index (κ3) is 5.36. The highest BCUT2D eigenvalue weighted by molar-refractivity contribution is 7.87. The number of aryl methyl sites for hydroxylation is 3. The highest BCUT2D eigenvalue weighted by Crippen LogP contribution is 2.36. The normalized spacial score (nSPS) is 22.2.